The summed E-state index contributed by atoms with van der Waals surface area (Å²) in [5.74, 6) is 0.340. The fourth-order valence-electron chi connectivity index (χ4n) is 3.50. The number of benzene rings is 2. The van der Waals surface area contributed by atoms with Crippen molar-refractivity contribution in [1.82, 2.24) is 4.90 Å². The minimum atomic E-state index is -0.355. The van der Waals surface area contributed by atoms with Crippen LogP contribution < -0.4 is 10.1 Å². The number of fused-ring (bicyclic) bond motifs is 1. The van der Waals surface area contributed by atoms with Gasteiger partial charge >= 0.3 is 0 Å². The Morgan fingerprint density at radius 2 is 1.86 bits per heavy atom. The quantitative estimate of drug-likeness (QED) is 0.746. The van der Waals surface area contributed by atoms with Gasteiger partial charge < -0.3 is 15.0 Å². The maximum Gasteiger partial charge on any atom is 0.291 e. The van der Waals surface area contributed by atoms with Gasteiger partial charge in [-0.1, -0.05) is 36.6 Å². The standard InChI is InChI=1S/C22H21ClN2O3/c23-17-7-5-6-15(12-17)13-20-21(26)24-18-14-16(8-9-19(18)28-20)22(27)25-10-3-1-2-4-11-25/h5-9,12-14H,1-4,10-11H2,(H,24,26)/b20-13-. The number of likely N-dealkylation sites (tertiary alicyclic amines) is 1. The van der Waals surface area contributed by atoms with Gasteiger partial charge in [-0.25, -0.2) is 0 Å². The number of carbonyl (C=O) groups excluding carboxylic acids is 2. The van der Waals surface area contributed by atoms with Crippen LogP contribution in [0.25, 0.3) is 6.08 Å². The van der Waals surface area contributed by atoms with Crippen LogP contribution in [0.4, 0.5) is 5.69 Å². The van der Waals surface area contributed by atoms with E-state index in [-0.39, 0.29) is 17.6 Å². The molecule has 1 N–H and O–H groups in total. The van der Waals surface area contributed by atoms with Crippen molar-refractivity contribution in [3.63, 3.8) is 0 Å². The first-order valence-corrected chi connectivity index (χ1v) is 9.88. The molecule has 4 rings (SSSR count). The van der Waals surface area contributed by atoms with Crippen LogP contribution in [-0.2, 0) is 4.79 Å². The lowest BCUT2D eigenvalue weighted by molar-refractivity contribution is -0.115. The summed E-state index contributed by atoms with van der Waals surface area (Å²) in [4.78, 5) is 27.1. The first kappa shape index (κ1) is 18.6. The van der Waals surface area contributed by atoms with Crippen LogP contribution in [0, 0.1) is 0 Å². The van der Waals surface area contributed by atoms with Crippen LogP contribution >= 0.6 is 11.6 Å². The monoisotopic (exact) mass is 396 g/mol. The third kappa shape index (κ3) is 4.04. The maximum atomic E-state index is 12.8. The van der Waals surface area contributed by atoms with Crippen molar-refractivity contribution in [3.05, 3.63) is 64.4 Å². The Morgan fingerprint density at radius 1 is 1.07 bits per heavy atom. The van der Waals surface area contributed by atoms with Gasteiger partial charge in [-0.05, 0) is 54.8 Å². The molecule has 0 aromatic heterocycles. The average Bonchev–Trinajstić information content (AvgIpc) is 2.97. The molecular weight excluding hydrogens is 376 g/mol. The highest BCUT2D eigenvalue weighted by molar-refractivity contribution is 6.30. The Hall–Kier alpha value is -2.79. The van der Waals surface area contributed by atoms with Crippen LogP contribution in [-0.4, -0.2) is 29.8 Å². The van der Waals surface area contributed by atoms with E-state index in [0.29, 0.717) is 22.0 Å². The lowest BCUT2D eigenvalue weighted by Gasteiger charge is -2.23. The van der Waals surface area contributed by atoms with E-state index in [4.69, 9.17) is 16.3 Å². The van der Waals surface area contributed by atoms with E-state index < -0.39 is 0 Å². The highest BCUT2D eigenvalue weighted by atomic mass is 35.5. The molecule has 0 radical (unpaired) electrons. The fraction of sp³-hybridized carbons (Fsp3) is 0.273. The van der Waals surface area contributed by atoms with Crippen molar-refractivity contribution < 1.29 is 14.3 Å². The molecule has 0 unspecified atom stereocenters. The second-order valence-corrected chi connectivity index (χ2v) is 7.47. The molecule has 1 fully saturated rings. The smallest absolute Gasteiger partial charge is 0.291 e. The normalized spacial score (nSPS) is 18.1. The molecule has 0 saturated carbocycles. The third-order valence-electron chi connectivity index (χ3n) is 4.96. The van der Waals surface area contributed by atoms with Gasteiger partial charge in [-0.2, -0.15) is 0 Å². The van der Waals surface area contributed by atoms with Crippen molar-refractivity contribution >= 4 is 35.2 Å². The second kappa shape index (κ2) is 8.07. The Morgan fingerprint density at radius 3 is 2.61 bits per heavy atom. The summed E-state index contributed by atoms with van der Waals surface area (Å²) in [6.07, 6.45) is 6.04. The van der Waals surface area contributed by atoms with Gasteiger partial charge in [0, 0.05) is 23.7 Å². The van der Waals surface area contributed by atoms with Gasteiger partial charge in [0.2, 0.25) is 0 Å². The van der Waals surface area contributed by atoms with Gasteiger partial charge in [0.1, 0.15) is 0 Å². The number of amides is 2. The molecule has 144 valence electrons. The minimum absolute atomic E-state index is 0.000726. The second-order valence-electron chi connectivity index (χ2n) is 7.04. The summed E-state index contributed by atoms with van der Waals surface area (Å²) in [7, 11) is 0. The lowest BCUT2D eigenvalue weighted by atomic mass is 10.1. The number of hydrogen-bond donors (Lipinski definition) is 1. The third-order valence-corrected chi connectivity index (χ3v) is 5.19. The highest BCUT2D eigenvalue weighted by Crippen LogP contribution is 2.33. The number of nitrogens with one attached hydrogen (secondary N) is 1. The Labute approximate surface area is 168 Å². The van der Waals surface area contributed by atoms with E-state index in [9.17, 15) is 9.59 Å². The zero-order valence-electron chi connectivity index (χ0n) is 15.4. The van der Waals surface area contributed by atoms with Crippen molar-refractivity contribution in [2.45, 2.75) is 25.7 Å². The van der Waals surface area contributed by atoms with Gasteiger partial charge in [-0.3, -0.25) is 9.59 Å². The summed E-state index contributed by atoms with van der Waals surface area (Å²) < 4.78 is 5.77. The number of anilines is 1. The van der Waals surface area contributed by atoms with E-state index in [0.717, 1.165) is 31.5 Å². The minimum Gasteiger partial charge on any atom is -0.449 e. The number of ether oxygens (including phenoxy) is 1. The zero-order chi connectivity index (χ0) is 19.5. The van der Waals surface area contributed by atoms with Crippen molar-refractivity contribution in [2.75, 3.05) is 18.4 Å². The van der Waals surface area contributed by atoms with Crippen LogP contribution in [0.3, 0.4) is 0 Å². The molecule has 2 heterocycles. The molecule has 2 aromatic rings. The summed E-state index contributed by atoms with van der Waals surface area (Å²) in [5.41, 5.74) is 1.84. The first-order chi connectivity index (χ1) is 13.6. The molecule has 0 aliphatic carbocycles. The fourth-order valence-corrected chi connectivity index (χ4v) is 3.70. The van der Waals surface area contributed by atoms with Crippen molar-refractivity contribution in [3.8, 4) is 5.75 Å². The van der Waals surface area contributed by atoms with Crippen LogP contribution in [0.5, 0.6) is 5.75 Å². The topological polar surface area (TPSA) is 58.6 Å². The number of rotatable bonds is 2. The van der Waals surface area contributed by atoms with Crippen LogP contribution in [0.2, 0.25) is 5.02 Å². The molecule has 1 saturated heterocycles. The molecule has 2 aliphatic rings. The number of halogens is 1. The molecule has 6 heteroatoms. The van der Waals surface area contributed by atoms with Gasteiger partial charge in [-0.15, -0.1) is 0 Å². The molecule has 0 atom stereocenters. The molecular formula is C22H21ClN2O3. The van der Waals surface area contributed by atoms with E-state index in [1.807, 2.05) is 17.0 Å². The lowest BCUT2D eigenvalue weighted by Crippen LogP contribution is -2.32. The van der Waals surface area contributed by atoms with Gasteiger partial charge in [0.25, 0.3) is 11.8 Å². The van der Waals surface area contributed by atoms with Crippen molar-refractivity contribution in [1.29, 1.82) is 0 Å². The summed E-state index contributed by atoms with van der Waals surface area (Å²) in [5, 5.41) is 3.41. The predicted octanol–water partition coefficient (Wildman–Crippen LogP) is 4.73. The summed E-state index contributed by atoms with van der Waals surface area (Å²) in [6, 6.07) is 12.3. The highest BCUT2D eigenvalue weighted by Gasteiger charge is 2.24. The molecule has 2 amide bonds. The van der Waals surface area contributed by atoms with E-state index >= 15 is 0 Å². The predicted molar refractivity (Wildman–Crippen MR) is 110 cm³/mol. The zero-order valence-corrected chi connectivity index (χ0v) is 16.2. The summed E-state index contributed by atoms with van der Waals surface area (Å²) in [6.45, 7) is 1.57. The molecule has 2 aromatic carbocycles. The molecule has 0 spiro atoms. The first-order valence-electron chi connectivity index (χ1n) is 9.50. The Bertz CT molecular complexity index is 947. The van der Waals surface area contributed by atoms with Crippen molar-refractivity contribution in [2.24, 2.45) is 0 Å². The SMILES string of the molecule is O=C1Nc2cc(C(=O)N3CCCCCC3)ccc2O/C1=C\c1cccc(Cl)c1. The number of hydrogen-bond acceptors (Lipinski definition) is 3. The van der Waals surface area contributed by atoms with E-state index in [1.165, 1.54) is 12.8 Å². The van der Waals surface area contributed by atoms with Gasteiger partial charge in [0.05, 0.1) is 5.69 Å². The van der Waals surface area contributed by atoms with Crippen LogP contribution in [0.1, 0.15) is 41.6 Å². The number of nitrogens with zero attached hydrogens (tertiary/aromatic N) is 1. The Balaban J connectivity index is 1.56. The van der Waals surface area contributed by atoms with Crippen LogP contribution in [0.15, 0.2) is 48.2 Å². The Kier molecular flexibility index (Phi) is 5.35. The van der Waals surface area contributed by atoms with E-state index in [2.05, 4.69) is 5.32 Å². The maximum absolute atomic E-state index is 12.8. The average molecular weight is 397 g/mol. The molecule has 5 nitrogen and oxygen atoms in total. The van der Waals surface area contributed by atoms with E-state index in [1.54, 1.807) is 36.4 Å². The molecule has 2 aliphatic heterocycles. The summed E-state index contributed by atoms with van der Waals surface area (Å²) >= 11 is 5.99. The molecule has 0 bridgehead atoms. The van der Waals surface area contributed by atoms with Gasteiger partial charge in [0.15, 0.2) is 11.5 Å². The molecule has 28 heavy (non-hydrogen) atoms. The number of carbonyl (C=O) groups is 2. The largest absolute Gasteiger partial charge is 0.449 e.